The standard InChI is InChI=1S/C13H7BrF3N3O4/c14-12-6-18-8(5-19-12)4-10(21)7-1-2-11(24-13(15,16)17)9(3-7)20(22)23/h1-3,5-6H,4H2. The molecule has 0 bridgehead atoms. The highest BCUT2D eigenvalue weighted by Gasteiger charge is 2.34. The predicted molar refractivity (Wildman–Crippen MR) is 77.5 cm³/mol. The van der Waals surface area contributed by atoms with Crippen LogP contribution in [0.4, 0.5) is 18.9 Å². The number of aromatic nitrogens is 2. The molecule has 11 heteroatoms. The van der Waals surface area contributed by atoms with Gasteiger partial charge in [-0.3, -0.25) is 19.9 Å². The van der Waals surface area contributed by atoms with Gasteiger partial charge in [0.15, 0.2) is 5.78 Å². The number of nitro groups is 1. The van der Waals surface area contributed by atoms with Gasteiger partial charge in [0.1, 0.15) is 4.60 Å². The lowest BCUT2D eigenvalue weighted by Crippen LogP contribution is -2.18. The summed E-state index contributed by atoms with van der Waals surface area (Å²) in [7, 11) is 0. The van der Waals surface area contributed by atoms with Crippen molar-refractivity contribution in [1.82, 2.24) is 9.97 Å². The first-order valence-electron chi connectivity index (χ1n) is 6.19. The number of carbonyl (C=O) groups is 1. The molecule has 0 aliphatic rings. The maximum absolute atomic E-state index is 12.2. The average Bonchev–Trinajstić information content (AvgIpc) is 2.48. The Bertz CT molecular complexity index is 781. The fraction of sp³-hybridized carbons (Fsp3) is 0.154. The first kappa shape index (κ1) is 17.8. The third-order valence-electron chi connectivity index (χ3n) is 2.72. The van der Waals surface area contributed by atoms with Crippen LogP contribution >= 0.6 is 15.9 Å². The summed E-state index contributed by atoms with van der Waals surface area (Å²) < 4.78 is 40.7. The Hall–Kier alpha value is -2.56. The molecular formula is C13H7BrF3N3O4. The minimum atomic E-state index is -5.08. The van der Waals surface area contributed by atoms with Gasteiger partial charge >= 0.3 is 12.0 Å². The highest BCUT2D eigenvalue weighted by atomic mass is 79.9. The molecule has 0 aliphatic heterocycles. The van der Waals surface area contributed by atoms with Gasteiger partial charge in [-0.1, -0.05) is 0 Å². The average molecular weight is 406 g/mol. The Labute approximate surface area is 140 Å². The number of Topliss-reactive ketones (excluding diaryl/α,β-unsaturated/α-hetero) is 1. The van der Waals surface area contributed by atoms with Gasteiger partial charge in [0.25, 0.3) is 0 Å². The summed E-state index contributed by atoms with van der Waals surface area (Å²) in [4.78, 5) is 29.7. The summed E-state index contributed by atoms with van der Waals surface area (Å²) in [5.74, 6) is -1.55. The van der Waals surface area contributed by atoms with E-state index in [-0.39, 0.29) is 12.0 Å². The number of hydrogen-bond donors (Lipinski definition) is 0. The zero-order valence-electron chi connectivity index (χ0n) is 11.6. The van der Waals surface area contributed by atoms with E-state index < -0.39 is 28.5 Å². The number of nitrogens with zero attached hydrogens (tertiary/aromatic N) is 3. The Morgan fingerprint density at radius 1 is 1.29 bits per heavy atom. The maximum Gasteiger partial charge on any atom is 0.573 e. The van der Waals surface area contributed by atoms with Gasteiger partial charge in [0, 0.05) is 11.6 Å². The van der Waals surface area contributed by atoms with E-state index in [1.807, 2.05) is 0 Å². The highest BCUT2D eigenvalue weighted by Crippen LogP contribution is 2.32. The lowest BCUT2D eigenvalue weighted by Gasteiger charge is -2.09. The van der Waals surface area contributed by atoms with E-state index in [4.69, 9.17) is 0 Å². The zero-order valence-corrected chi connectivity index (χ0v) is 13.2. The van der Waals surface area contributed by atoms with Crippen molar-refractivity contribution in [2.75, 3.05) is 0 Å². The molecule has 0 aliphatic carbocycles. The van der Waals surface area contributed by atoms with Crippen molar-refractivity contribution in [1.29, 1.82) is 0 Å². The maximum atomic E-state index is 12.2. The summed E-state index contributed by atoms with van der Waals surface area (Å²) in [5.41, 5.74) is -0.789. The second-order valence-electron chi connectivity index (χ2n) is 4.42. The summed E-state index contributed by atoms with van der Waals surface area (Å²) in [6, 6.07) is 2.48. The van der Waals surface area contributed by atoms with Crippen LogP contribution in [0.3, 0.4) is 0 Å². The lowest BCUT2D eigenvalue weighted by molar-refractivity contribution is -0.388. The van der Waals surface area contributed by atoms with Crippen LogP contribution in [-0.4, -0.2) is 27.0 Å². The van der Waals surface area contributed by atoms with E-state index in [9.17, 15) is 28.1 Å². The molecule has 1 heterocycles. The van der Waals surface area contributed by atoms with Crippen molar-refractivity contribution in [2.45, 2.75) is 12.8 Å². The minimum absolute atomic E-state index is 0.138. The smallest absolute Gasteiger partial charge is 0.398 e. The summed E-state index contributed by atoms with van der Waals surface area (Å²) in [6.45, 7) is 0. The number of benzene rings is 1. The molecule has 126 valence electrons. The van der Waals surface area contributed by atoms with Crippen molar-refractivity contribution >= 4 is 27.4 Å². The minimum Gasteiger partial charge on any atom is -0.398 e. The Morgan fingerprint density at radius 3 is 2.54 bits per heavy atom. The number of ether oxygens (including phenoxy) is 1. The van der Waals surface area contributed by atoms with Crippen LogP contribution < -0.4 is 4.74 Å². The van der Waals surface area contributed by atoms with Crippen LogP contribution in [0.15, 0.2) is 35.2 Å². The summed E-state index contributed by atoms with van der Waals surface area (Å²) >= 11 is 3.07. The quantitative estimate of drug-likeness (QED) is 0.429. The first-order valence-corrected chi connectivity index (χ1v) is 6.99. The third-order valence-corrected chi connectivity index (χ3v) is 3.13. The molecule has 0 radical (unpaired) electrons. The second kappa shape index (κ2) is 6.91. The van der Waals surface area contributed by atoms with E-state index in [1.54, 1.807) is 0 Å². The third kappa shape index (κ3) is 4.72. The fourth-order valence-corrected chi connectivity index (χ4v) is 1.95. The number of alkyl halides is 3. The SMILES string of the molecule is O=C(Cc1cnc(Br)cn1)c1ccc(OC(F)(F)F)c([N+](=O)[O-])c1. The van der Waals surface area contributed by atoms with Crippen molar-refractivity contribution in [3.8, 4) is 5.75 Å². The predicted octanol–water partition coefficient (Wildman–Crippen LogP) is 3.47. The van der Waals surface area contributed by atoms with Gasteiger partial charge in [-0.05, 0) is 28.1 Å². The molecule has 0 saturated heterocycles. The van der Waals surface area contributed by atoms with E-state index >= 15 is 0 Å². The molecule has 0 unspecified atom stereocenters. The van der Waals surface area contributed by atoms with Gasteiger partial charge in [0.2, 0.25) is 5.75 Å². The molecule has 7 nitrogen and oxygen atoms in total. The van der Waals surface area contributed by atoms with Crippen LogP contribution in [0, 0.1) is 10.1 Å². The van der Waals surface area contributed by atoms with Crippen LogP contribution in [0.1, 0.15) is 16.1 Å². The molecule has 0 atom stereocenters. The van der Waals surface area contributed by atoms with E-state index in [0.29, 0.717) is 10.3 Å². The Balaban J connectivity index is 2.27. The molecule has 24 heavy (non-hydrogen) atoms. The molecule has 0 fully saturated rings. The number of rotatable bonds is 5. The van der Waals surface area contributed by atoms with Gasteiger partial charge in [-0.15, -0.1) is 13.2 Å². The van der Waals surface area contributed by atoms with Crippen molar-refractivity contribution in [3.05, 3.63) is 56.6 Å². The molecule has 1 aromatic carbocycles. The lowest BCUT2D eigenvalue weighted by atomic mass is 10.1. The van der Waals surface area contributed by atoms with Crippen molar-refractivity contribution in [2.24, 2.45) is 0 Å². The molecule has 2 aromatic rings. The normalized spacial score (nSPS) is 11.2. The largest absolute Gasteiger partial charge is 0.573 e. The van der Waals surface area contributed by atoms with E-state index in [2.05, 4.69) is 30.6 Å². The van der Waals surface area contributed by atoms with Crippen molar-refractivity contribution < 1.29 is 27.6 Å². The van der Waals surface area contributed by atoms with Gasteiger partial charge in [-0.25, -0.2) is 4.98 Å². The monoisotopic (exact) mass is 405 g/mol. The Kier molecular flexibility index (Phi) is 5.12. The molecule has 0 N–H and O–H groups in total. The molecule has 1 aromatic heterocycles. The second-order valence-corrected chi connectivity index (χ2v) is 5.23. The zero-order chi connectivity index (χ0) is 17.9. The summed E-state index contributed by atoms with van der Waals surface area (Å²) in [6.07, 6.45) is -2.59. The highest BCUT2D eigenvalue weighted by molar-refractivity contribution is 9.10. The number of hydrogen-bond acceptors (Lipinski definition) is 6. The molecule has 0 spiro atoms. The number of carbonyl (C=O) groups excluding carboxylic acids is 1. The van der Waals surface area contributed by atoms with Crippen LogP contribution in [0.2, 0.25) is 0 Å². The first-order chi connectivity index (χ1) is 11.2. The van der Waals surface area contributed by atoms with E-state index in [0.717, 1.165) is 18.2 Å². The fourth-order valence-electron chi connectivity index (χ4n) is 1.74. The van der Waals surface area contributed by atoms with Gasteiger partial charge in [-0.2, -0.15) is 0 Å². The molecule has 2 rings (SSSR count). The van der Waals surface area contributed by atoms with Gasteiger partial charge < -0.3 is 4.74 Å². The van der Waals surface area contributed by atoms with E-state index in [1.165, 1.54) is 12.4 Å². The van der Waals surface area contributed by atoms with Crippen LogP contribution in [-0.2, 0) is 6.42 Å². The number of ketones is 1. The summed E-state index contributed by atoms with van der Waals surface area (Å²) in [5, 5.41) is 10.9. The van der Waals surface area contributed by atoms with Crippen LogP contribution in [0.5, 0.6) is 5.75 Å². The van der Waals surface area contributed by atoms with Gasteiger partial charge in [0.05, 0.1) is 29.4 Å². The number of halogens is 4. The molecular weight excluding hydrogens is 399 g/mol. The number of nitro benzene ring substituents is 1. The molecule has 0 amide bonds. The van der Waals surface area contributed by atoms with Crippen LogP contribution in [0.25, 0.3) is 0 Å². The Morgan fingerprint density at radius 2 is 2.00 bits per heavy atom. The topological polar surface area (TPSA) is 95.2 Å². The van der Waals surface area contributed by atoms with Crippen molar-refractivity contribution in [3.63, 3.8) is 0 Å². The molecule has 0 saturated carbocycles.